The number of fused-ring (bicyclic) bond motifs is 1. The third-order valence-electron chi connectivity index (χ3n) is 2.54. The monoisotopic (exact) mass is 226 g/mol. The molecule has 0 aromatic heterocycles. The summed E-state index contributed by atoms with van der Waals surface area (Å²) in [6, 6.07) is 7.57. The molecule has 1 amide bonds. The van der Waals surface area contributed by atoms with Gasteiger partial charge in [0.05, 0.1) is 6.04 Å². The number of para-hydroxylation sites is 1. The highest BCUT2D eigenvalue weighted by Gasteiger charge is 2.25. The van der Waals surface area contributed by atoms with E-state index in [1.54, 1.807) is 11.8 Å². The number of hydrogen-bond donors (Lipinski definition) is 1. The van der Waals surface area contributed by atoms with Gasteiger partial charge in [0.15, 0.2) is 0 Å². The van der Waals surface area contributed by atoms with Crippen LogP contribution >= 0.6 is 12.4 Å². The van der Waals surface area contributed by atoms with E-state index >= 15 is 0 Å². The van der Waals surface area contributed by atoms with Crippen molar-refractivity contribution >= 4 is 24.0 Å². The van der Waals surface area contributed by atoms with E-state index in [4.69, 9.17) is 5.73 Å². The number of nitrogens with zero attached hydrogens (tertiary/aromatic N) is 1. The summed E-state index contributed by atoms with van der Waals surface area (Å²) in [6.07, 6.45) is 0.939. The van der Waals surface area contributed by atoms with E-state index < -0.39 is 6.04 Å². The first-order valence-corrected chi connectivity index (χ1v) is 4.85. The largest absolute Gasteiger partial charge is 0.320 e. The van der Waals surface area contributed by atoms with Crippen molar-refractivity contribution < 1.29 is 4.79 Å². The zero-order valence-electron chi connectivity index (χ0n) is 8.64. The minimum absolute atomic E-state index is 0. The maximum Gasteiger partial charge on any atom is 0.243 e. The van der Waals surface area contributed by atoms with Crippen molar-refractivity contribution in [2.45, 2.75) is 19.4 Å². The Bertz CT molecular complexity index is 365. The molecule has 1 heterocycles. The first kappa shape index (κ1) is 12.0. The van der Waals surface area contributed by atoms with Crippen LogP contribution < -0.4 is 10.6 Å². The van der Waals surface area contributed by atoms with Crippen LogP contribution in [0.1, 0.15) is 12.5 Å². The van der Waals surface area contributed by atoms with Crippen molar-refractivity contribution in [3.8, 4) is 0 Å². The molecule has 0 radical (unpaired) electrons. The second-order valence-corrected chi connectivity index (χ2v) is 3.66. The average molecular weight is 227 g/mol. The number of anilines is 1. The van der Waals surface area contributed by atoms with E-state index in [9.17, 15) is 4.79 Å². The van der Waals surface area contributed by atoms with Crippen molar-refractivity contribution in [1.82, 2.24) is 0 Å². The predicted octanol–water partition coefficient (Wildman–Crippen LogP) is 1.34. The van der Waals surface area contributed by atoms with Crippen molar-refractivity contribution in [1.29, 1.82) is 0 Å². The first-order chi connectivity index (χ1) is 6.70. The van der Waals surface area contributed by atoms with Crippen LogP contribution in [0.4, 0.5) is 5.69 Å². The lowest BCUT2D eigenvalue weighted by molar-refractivity contribution is -0.119. The molecule has 0 fully saturated rings. The first-order valence-electron chi connectivity index (χ1n) is 4.85. The van der Waals surface area contributed by atoms with Crippen LogP contribution in [-0.4, -0.2) is 18.5 Å². The van der Waals surface area contributed by atoms with Crippen molar-refractivity contribution in [3.05, 3.63) is 29.8 Å². The molecule has 2 N–H and O–H groups in total. The zero-order valence-corrected chi connectivity index (χ0v) is 9.46. The summed E-state index contributed by atoms with van der Waals surface area (Å²) < 4.78 is 0. The molecule has 1 aromatic rings. The maximum absolute atomic E-state index is 11.7. The molecule has 4 heteroatoms. The summed E-state index contributed by atoms with van der Waals surface area (Å²) in [4.78, 5) is 13.5. The second kappa shape index (κ2) is 4.64. The van der Waals surface area contributed by atoms with Crippen LogP contribution in [0.15, 0.2) is 24.3 Å². The quantitative estimate of drug-likeness (QED) is 0.786. The molecule has 0 saturated heterocycles. The van der Waals surface area contributed by atoms with E-state index in [-0.39, 0.29) is 18.3 Å². The molecule has 1 aromatic carbocycles. The number of halogens is 1. The second-order valence-electron chi connectivity index (χ2n) is 3.66. The van der Waals surface area contributed by atoms with Gasteiger partial charge in [-0.25, -0.2) is 0 Å². The average Bonchev–Trinajstić information content (AvgIpc) is 2.60. The maximum atomic E-state index is 11.7. The summed E-state index contributed by atoms with van der Waals surface area (Å²) in [6.45, 7) is 2.49. The lowest BCUT2D eigenvalue weighted by Gasteiger charge is -2.19. The number of benzene rings is 1. The summed E-state index contributed by atoms with van der Waals surface area (Å²) in [7, 11) is 0. The molecule has 1 atom stereocenters. The third kappa shape index (κ3) is 2.13. The van der Waals surface area contributed by atoms with Gasteiger partial charge in [0.1, 0.15) is 0 Å². The number of amides is 1. The topological polar surface area (TPSA) is 46.3 Å². The summed E-state index contributed by atoms with van der Waals surface area (Å²) in [5.41, 5.74) is 7.84. The molecule has 0 spiro atoms. The summed E-state index contributed by atoms with van der Waals surface area (Å²) >= 11 is 0. The van der Waals surface area contributed by atoms with Gasteiger partial charge in [-0.3, -0.25) is 4.79 Å². The molecule has 1 aliphatic heterocycles. The Balaban J connectivity index is 0.00000112. The predicted molar refractivity (Wildman–Crippen MR) is 63.4 cm³/mol. The van der Waals surface area contributed by atoms with Crippen molar-refractivity contribution in [2.75, 3.05) is 11.4 Å². The van der Waals surface area contributed by atoms with Gasteiger partial charge < -0.3 is 10.6 Å². The van der Waals surface area contributed by atoms with Gasteiger partial charge in [0, 0.05) is 12.2 Å². The fourth-order valence-corrected chi connectivity index (χ4v) is 1.81. The minimum Gasteiger partial charge on any atom is -0.320 e. The Kier molecular flexibility index (Phi) is 3.72. The van der Waals surface area contributed by atoms with Crippen LogP contribution in [0, 0.1) is 0 Å². The Labute approximate surface area is 95.7 Å². The molecular formula is C11H15ClN2O. The molecule has 2 rings (SSSR count). The number of hydrogen-bond acceptors (Lipinski definition) is 2. The van der Waals surface area contributed by atoms with Crippen LogP contribution in [0.2, 0.25) is 0 Å². The molecule has 82 valence electrons. The van der Waals surface area contributed by atoms with Gasteiger partial charge in [-0.05, 0) is 25.0 Å². The molecular weight excluding hydrogens is 212 g/mol. The van der Waals surface area contributed by atoms with Gasteiger partial charge in [-0.15, -0.1) is 12.4 Å². The zero-order chi connectivity index (χ0) is 10.1. The highest BCUT2D eigenvalue weighted by molar-refractivity contribution is 5.98. The van der Waals surface area contributed by atoms with E-state index in [2.05, 4.69) is 6.07 Å². The number of carbonyl (C=O) groups excluding carboxylic acids is 1. The molecule has 3 nitrogen and oxygen atoms in total. The van der Waals surface area contributed by atoms with Gasteiger partial charge in [-0.1, -0.05) is 18.2 Å². The molecule has 1 unspecified atom stereocenters. The van der Waals surface area contributed by atoms with Crippen molar-refractivity contribution in [2.24, 2.45) is 5.73 Å². The fourth-order valence-electron chi connectivity index (χ4n) is 1.81. The molecule has 0 aliphatic carbocycles. The van der Waals surface area contributed by atoms with Crippen LogP contribution in [0.25, 0.3) is 0 Å². The van der Waals surface area contributed by atoms with Gasteiger partial charge >= 0.3 is 0 Å². The van der Waals surface area contributed by atoms with Gasteiger partial charge in [0.2, 0.25) is 5.91 Å². The number of nitrogens with two attached hydrogens (primary N) is 1. The van der Waals surface area contributed by atoms with E-state index in [1.165, 1.54) is 5.56 Å². The SMILES string of the molecule is CC(N)C(=O)N1CCc2ccccc21.Cl. The number of carbonyl (C=O) groups is 1. The van der Waals surface area contributed by atoms with E-state index in [0.717, 1.165) is 18.7 Å². The minimum atomic E-state index is -0.416. The summed E-state index contributed by atoms with van der Waals surface area (Å²) in [5.74, 6) is 0.00921. The fraction of sp³-hybridized carbons (Fsp3) is 0.364. The number of rotatable bonds is 1. The third-order valence-corrected chi connectivity index (χ3v) is 2.54. The van der Waals surface area contributed by atoms with Crippen molar-refractivity contribution in [3.63, 3.8) is 0 Å². The Morgan fingerprint density at radius 3 is 2.80 bits per heavy atom. The normalized spacial score (nSPS) is 15.5. The molecule has 0 bridgehead atoms. The van der Waals surface area contributed by atoms with Gasteiger partial charge in [0.25, 0.3) is 0 Å². The highest BCUT2D eigenvalue weighted by Crippen LogP contribution is 2.27. The smallest absolute Gasteiger partial charge is 0.243 e. The summed E-state index contributed by atoms with van der Waals surface area (Å²) in [5, 5.41) is 0. The van der Waals surface area contributed by atoms with E-state index in [0.29, 0.717) is 0 Å². The Morgan fingerprint density at radius 1 is 1.47 bits per heavy atom. The Morgan fingerprint density at radius 2 is 2.13 bits per heavy atom. The van der Waals surface area contributed by atoms with Crippen LogP contribution in [0.5, 0.6) is 0 Å². The van der Waals surface area contributed by atoms with Gasteiger partial charge in [-0.2, -0.15) is 0 Å². The highest BCUT2D eigenvalue weighted by atomic mass is 35.5. The molecule has 0 saturated carbocycles. The standard InChI is InChI=1S/C11H14N2O.ClH/c1-8(12)11(14)13-7-6-9-4-2-3-5-10(9)13;/h2-5,8H,6-7,12H2,1H3;1H. The lowest BCUT2D eigenvalue weighted by atomic mass is 10.2. The van der Waals surface area contributed by atoms with Crippen LogP contribution in [0.3, 0.4) is 0 Å². The Hall–Kier alpha value is -1.06. The van der Waals surface area contributed by atoms with E-state index in [1.807, 2.05) is 18.2 Å². The molecule has 15 heavy (non-hydrogen) atoms. The van der Waals surface area contributed by atoms with Crippen LogP contribution in [-0.2, 0) is 11.2 Å². The lowest BCUT2D eigenvalue weighted by Crippen LogP contribution is -2.41. The molecule has 1 aliphatic rings.